The molecule has 0 aromatic heterocycles. The van der Waals surface area contributed by atoms with E-state index in [2.05, 4.69) is 24.1 Å². The maximum atomic E-state index is 13.6. The second-order valence-electron chi connectivity index (χ2n) is 5.80. The van der Waals surface area contributed by atoms with Gasteiger partial charge in [-0.25, -0.2) is 13.2 Å². The Morgan fingerprint density at radius 1 is 1.14 bits per heavy atom. The molecule has 1 N–H and O–H groups in total. The Kier molecular flexibility index (Phi) is 7.66. The molecule has 1 aliphatic heterocycles. The van der Waals surface area contributed by atoms with Gasteiger partial charge in [0.25, 0.3) is 0 Å². The molecule has 1 aromatic rings. The van der Waals surface area contributed by atoms with Gasteiger partial charge in [0.05, 0.1) is 0 Å². The van der Waals surface area contributed by atoms with Gasteiger partial charge < -0.3 is 5.32 Å². The van der Waals surface area contributed by atoms with Gasteiger partial charge in [0.15, 0.2) is 17.5 Å². The zero-order chi connectivity index (χ0) is 15.4. The number of halogens is 4. The second kappa shape index (κ2) is 8.75. The number of nitrogens with one attached hydrogen (secondary N) is 1. The van der Waals surface area contributed by atoms with E-state index in [1.807, 2.05) is 0 Å². The van der Waals surface area contributed by atoms with Crippen LogP contribution in [0.5, 0.6) is 0 Å². The van der Waals surface area contributed by atoms with E-state index in [9.17, 15) is 13.2 Å². The lowest BCUT2D eigenvalue weighted by molar-refractivity contribution is 0.125. The molecule has 1 aliphatic rings. The van der Waals surface area contributed by atoms with Gasteiger partial charge in [-0.15, -0.1) is 12.4 Å². The molecule has 2 rings (SSSR count). The van der Waals surface area contributed by atoms with Gasteiger partial charge in [-0.3, -0.25) is 4.90 Å². The highest BCUT2D eigenvalue weighted by Gasteiger charge is 2.28. The average molecular weight is 337 g/mol. The highest BCUT2D eigenvalue weighted by Crippen LogP contribution is 2.33. The summed E-state index contributed by atoms with van der Waals surface area (Å²) >= 11 is 0. The Morgan fingerprint density at radius 2 is 1.68 bits per heavy atom. The predicted molar refractivity (Wildman–Crippen MR) is 84.8 cm³/mol. The molecule has 1 unspecified atom stereocenters. The van der Waals surface area contributed by atoms with E-state index in [1.165, 1.54) is 0 Å². The molecule has 0 saturated carbocycles. The molecule has 0 aliphatic carbocycles. The van der Waals surface area contributed by atoms with Gasteiger partial charge in [0.2, 0.25) is 0 Å². The van der Waals surface area contributed by atoms with Crippen LogP contribution in [0, 0.1) is 23.4 Å². The number of hydrogen-bond donors (Lipinski definition) is 1. The number of nitrogens with zero attached hydrogens (tertiary/aromatic N) is 1. The van der Waals surface area contributed by atoms with Crippen molar-refractivity contribution in [3.63, 3.8) is 0 Å². The summed E-state index contributed by atoms with van der Waals surface area (Å²) in [6, 6.07) is 2.23. The molecule has 0 spiro atoms. The normalized spacial score (nSPS) is 18.6. The van der Waals surface area contributed by atoms with Gasteiger partial charge in [-0.2, -0.15) is 0 Å². The van der Waals surface area contributed by atoms with Crippen molar-refractivity contribution < 1.29 is 13.2 Å². The third-order valence-corrected chi connectivity index (χ3v) is 4.18. The molecule has 22 heavy (non-hydrogen) atoms. The molecular weight excluding hydrogens is 313 g/mol. The Labute approximate surface area is 136 Å². The molecule has 0 radical (unpaired) electrons. The van der Waals surface area contributed by atoms with Crippen molar-refractivity contribution in [3.05, 3.63) is 35.1 Å². The van der Waals surface area contributed by atoms with Crippen LogP contribution >= 0.6 is 12.4 Å². The lowest BCUT2D eigenvalue weighted by atomic mass is 9.89. The maximum Gasteiger partial charge on any atom is 0.194 e. The minimum absolute atomic E-state index is 0. The lowest BCUT2D eigenvalue weighted by Crippen LogP contribution is -2.46. The average Bonchev–Trinajstić information content (AvgIpc) is 2.46. The SMILES string of the molecule is CCCC(C)[C@@H](c1cc(F)c(F)c(F)c1)N1CCNCC1.Cl. The molecule has 1 fully saturated rings. The highest BCUT2D eigenvalue weighted by atomic mass is 35.5. The molecule has 2 nitrogen and oxygen atoms in total. The van der Waals surface area contributed by atoms with Gasteiger partial charge in [0, 0.05) is 32.2 Å². The fraction of sp³-hybridized carbons (Fsp3) is 0.625. The van der Waals surface area contributed by atoms with E-state index < -0.39 is 17.5 Å². The number of benzene rings is 1. The minimum Gasteiger partial charge on any atom is -0.314 e. The van der Waals surface area contributed by atoms with Crippen molar-refractivity contribution in [1.29, 1.82) is 0 Å². The topological polar surface area (TPSA) is 15.3 Å². The first-order valence-corrected chi connectivity index (χ1v) is 7.63. The monoisotopic (exact) mass is 336 g/mol. The molecule has 6 heteroatoms. The standard InChI is InChI=1S/C16H23F3N2.ClH/c1-3-4-11(2)16(21-7-5-20-6-8-21)12-9-13(17)15(19)14(18)10-12;/h9-11,16,20H,3-8H2,1-2H3;1H/t11?,16-;/m0./s1. The first kappa shape index (κ1) is 19.3. The van der Waals surface area contributed by atoms with Crippen molar-refractivity contribution in [2.45, 2.75) is 32.7 Å². The summed E-state index contributed by atoms with van der Waals surface area (Å²) in [6.07, 6.45) is 1.98. The third-order valence-electron chi connectivity index (χ3n) is 4.18. The summed E-state index contributed by atoms with van der Waals surface area (Å²) in [5.74, 6) is -3.33. The van der Waals surface area contributed by atoms with Crippen LogP contribution < -0.4 is 5.32 Å². The van der Waals surface area contributed by atoms with E-state index in [1.54, 1.807) is 0 Å². The Hall–Kier alpha value is -0.780. The van der Waals surface area contributed by atoms with Crippen LogP contribution in [0.2, 0.25) is 0 Å². The third kappa shape index (κ3) is 4.37. The van der Waals surface area contributed by atoms with Gasteiger partial charge in [-0.1, -0.05) is 20.3 Å². The van der Waals surface area contributed by atoms with Gasteiger partial charge in [-0.05, 0) is 30.0 Å². The molecule has 1 heterocycles. The molecule has 1 aromatic carbocycles. The van der Waals surface area contributed by atoms with Crippen molar-refractivity contribution in [3.8, 4) is 0 Å². The molecule has 2 atom stereocenters. The number of piperazine rings is 1. The van der Waals surface area contributed by atoms with Crippen LogP contribution in [0.1, 0.15) is 38.3 Å². The fourth-order valence-electron chi connectivity index (χ4n) is 3.22. The van der Waals surface area contributed by atoms with E-state index in [0.29, 0.717) is 5.56 Å². The second-order valence-corrected chi connectivity index (χ2v) is 5.80. The Morgan fingerprint density at radius 3 is 2.18 bits per heavy atom. The van der Waals surface area contributed by atoms with E-state index in [0.717, 1.165) is 51.2 Å². The highest BCUT2D eigenvalue weighted by molar-refractivity contribution is 5.85. The first-order chi connectivity index (χ1) is 10.0. The van der Waals surface area contributed by atoms with Crippen molar-refractivity contribution >= 4 is 12.4 Å². The number of rotatable bonds is 5. The van der Waals surface area contributed by atoms with Crippen molar-refractivity contribution in [2.24, 2.45) is 5.92 Å². The zero-order valence-corrected chi connectivity index (χ0v) is 13.9. The van der Waals surface area contributed by atoms with Crippen LogP contribution in [-0.2, 0) is 0 Å². The molecule has 0 bridgehead atoms. The predicted octanol–water partition coefficient (Wildman–Crippen LogP) is 3.91. The molecule has 126 valence electrons. The smallest absolute Gasteiger partial charge is 0.194 e. The molecule has 0 amide bonds. The summed E-state index contributed by atoms with van der Waals surface area (Å²) in [4.78, 5) is 2.24. The Bertz CT molecular complexity index is 455. The largest absolute Gasteiger partial charge is 0.314 e. The van der Waals surface area contributed by atoms with Crippen LogP contribution in [0.15, 0.2) is 12.1 Å². The summed E-state index contributed by atoms with van der Waals surface area (Å²) < 4.78 is 40.3. The van der Waals surface area contributed by atoms with Crippen molar-refractivity contribution in [1.82, 2.24) is 10.2 Å². The molecular formula is C16H24ClF3N2. The van der Waals surface area contributed by atoms with E-state index in [-0.39, 0.29) is 24.4 Å². The van der Waals surface area contributed by atoms with Crippen LogP contribution in [0.4, 0.5) is 13.2 Å². The Balaban J connectivity index is 0.00000242. The van der Waals surface area contributed by atoms with Crippen molar-refractivity contribution in [2.75, 3.05) is 26.2 Å². The minimum atomic E-state index is -1.39. The number of hydrogen-bond acceptors (Lipinski definition) is 2. The summed E-state index contributed by atoms with van der Waals surface area (Å²) in [5.41, 5.74) is 0.536. The summed E-state index contributed by atoms with van der Waals surface area (Å²) in [5, 5.41) is 3.27. The van der Waals surface area contributed by atoms with E-state index in [4.69, 9.17) is 0 Å². The molecule has 1 saturated heterocycles. The first-order valence-electron chi connectivity index (χ1n) is 7.63. The van der Waals surface area contributed by atoms with E-state index >= 15 is 0 Å². The lowest BCUT2D eigenvalue weighted by Gasteiger charge is -2.38. The summed E-state index contributed by atoms with van der Waals surface area (Å²) in [6.45, 7) is 7.58. The van der Waals surface area contributed by atoms with Crippen LogP contribution in [-0.4, -0.2) is 31.1 Å². The fourth-order valence-corrected chi connectivity index (χ4v) is 3.22. The van der Waals surface area contributed by atoms with Crippen LogP contribution in [0.3, 0.4) is 0 Å². The quantitative estimate of drug-likeness (QED) is 0.820. The van der Waals surface area contributed by atoms with Gasteiger partial charge in [0.1, 0.15) is 0 Å². The zero-order valence-electron chi connectivity index (χ0n) is 13.0. The summed E-state index contributed by atoms with van der Waals surface area (Å²) in [7, 11) is 0. The van der Waals surface area contributed by atoms with Crippen LogP contribution in [0.25, 0.3) is 0 Å². The van der Waals surface area contributed by atoms with Gasteiger partial charge >= 0.3 is 0 Å². The maximum absolute atomic E-state index is 13.6.